The fraction of sp³-hybridized carbons (Fsp3) is 0.364. The number of nitrogens with zero attached hydrogens (tertiary/aromatic N) is 2. The number of hydrogen-bond donors (Lipinski definition) is 1. The van der Waals surface area contributed by atoms with Crippen LogP contribution in [0.1, 0.15) is 23.8 Å². The van der Waals surface area contributed by atoms with E-state index in [2.05, 4.69) is 9.97 Å². The van der Waals surface area contributed by atoms with Crippen molar-refractivity contribution < 1.29 is 8.42 Å². The van der Waals surface area contributed by atoms with Crippen LogP contribution in [-0.4, -0.2) is 29.2 Å². The number of aromatic amines is 1. The summed E-state index contributed by atoms with van der Waals surface area (Å²) in [7, 11) is -3.45. The van der Waals surface area contributed by atoms with Crippen LogP contribution in [0.2, 0.25) is 0 Å². The molecule has 96 valence electrons. The first-order chi connectivity index (χ1) is 8.69. The highest BCUT2D eigenvalue weighted by atomic mass is 32.2. The lowest BCUT2D eigenvalue weighted by molar-refractivity contribution is 0.399. The predicted octanol–water partition coefficient (Wildman–Crippen LogP) is 2.00. The van der Waals surface area contributed by atoms with Gasteiger partial charge in [0, 0.05) is 11.4 Å². The van der Waals surface area contributed by atoms with Gasteiger partial charge in [0.05, 0.1) is 18.6 Å². The molecule has 5 nitrogen and oxygen atoms in total. The van der Waals surface area contributed by atoms with Gasteiger partial charge in [0.1, 0.15) is 0 Å². The van der Waals surface area contributed by atoms with Gasteiger partial charge in [-0.3, -0.25) is 0 Å². The fourth-order valence-electron chi connectivity index (χ4n) is 2.30. The van der Waals surface area contributed by atoms with Crippen LogP contribution in [0.3, 0.4) is 0 Å². The van der Waals surface area contributed by atoms with E-state index >= 15 is 0 Å². The van der Waals surface area contributed by atoms with Gasteiger partial charge in [-0.25, -0.2) is 13.4 Å². The van der Waals surface area contributed by atoms with Gasteiger partial charge in [0.15, 0.2) is 5.03 Å². The van der Waals surface area contributed by atoms with E-state index in [1.807, 2.05) is 17.5 Å². The second-order valence-electron chi connectivity index (χ2n) is 4.21. The van der Waals surface area contributed by atoms with Crippen LogP contribution < -0.4 is 0 Å². The van der Waals surface area contributed by atoms with Crippen molar-refractivity contribution in [2.45, 2.75) is 23.9 Å². The molecule has 1 aliphatic rings. The Hall–Kier alpha value is -1.18. The zero-order valence-electron chi connectivity index (χ0n) is 9.61. The first-order valence-electron chi connectivity index (χ1n) is 5.73. The van der Waals surface area contributed by atoms with Crippen molar-refractivity contribution in [2.75, 3.05) is 6.54 Å². The molecule has 7 heteroatoms. The number of nitrogens with one attached hydrogen (secondary N) is 1. The number of hydrogen-bond acceptors (Lipinski definition) is 4. The minimum absolute atomic E-state index is 0.0294. The molecular weight excluding hydrogens is 270 g/mol. The quantitative estimate of drug-likeness (QED) is 0.937. The SMILES string of the molecule is O=S(=O)(c1cnc[nH]1)N1CCC[C@@H]1c1cccs1. The normalized spacial score (nSPS) is 21.4. The van der Waals surface area contributed by atoms with Crippen molar-refractivity contribution in [2.24, 2.45) is 0 Å². The molecule has 2 aromatic rings. The molecule has 1 aliphatic heterocycles. The van der Waals surface area contributed by atoms with Gasteiger partial charge in [0.2, 0.25) is 0 Å². The number of imidazole rings is 1. The maximum Gasteiger partial charge on any atom is 0.260 e. The Labute approximate surface area is 110 Å². The lowest BCUT2D eigenvalue weighted by Crippen LogP contribution is -2.30. The smallest absolute Gasteiger partial charge is 0.260 e. The second-order valence-corrected chi connectivity index (χ2v) is 7.04. The summed E-state index contributed by atoms with van der Waals surface area (Å²) in [6, 6.07) is 3.92. The van der Waals surface area contributed by atoms with Crippen molar-refractivity contribution >= 4 is 21.4 Å². The average molecular weight is 283 g/mol. The average Bonchev–Trinajstić information content (AvgIpc) is 3.11. The van der Waals surface area contributed by atoms with Crippen LogP contribution in [0.5, 0.6) is 0 Å². The van der Waals surface area contributed by atoms with E-state index in [9.17, 15) is 8.42 Å². The van der Waals surface area contributed by atoms with Crippen molar-refractivity contribution in [3.8, 4) is 0 Å². The summed E-state index contributed by atoms with van der Waals surface area (Å²) in [6.45, 7) is 0.573. The number of H-pyrrole nitrogens is 1. The summed E-state index contributed by atoms with van der Waals surface area (Å²) < 4.78 is 26.5. The van der Waals surface area contributed by atoms with Gasteiger partial charge in [-0.05, 0) is 24.3 Å². The van der Waals surface area contributed by atoms with Crippen molar-refractivity contribution in [1.82, 2.24) is 14.3 Å². The molecule has 0 aliphatic carbocycles. The van der Waals surface area contributed by atoms with Crippen LogP contribution in [0, 0.1) is 0 Å². The summed E-state index contributed by atoms with van der Waals surface area (Å²) in [6.07, 6.45) is 4.53. The Morgan fingerprint density at radius 3 is 3.06 bits per heavy atom. The molecule has 18 heavy (non-hydrogen) atoms. The van der Waals surface area contributed by atoms with E-state index < -0.39 is 10.0 Å². The van der Waals surface area contributed by atoms with E-state index in [4.69, 9.17) is 0 Å². The van der Waals surface area contributed by atoms with Crippen LogP contribution >= 0.6 is 11.3 Å². The molecule has 1 atom stereocenters. The van der Waals surface area contributed by atoms with E-state index in [1.165, 1.54) is 12.5 Å². The summed E-state index contributed by atoms with van der Waals surface area (Å²) in [5.41, 5.74) is 0. The molecule has 3 rings (SSSR count). The maximum atomic E-state index is 12.5. The van der Waals surface area contributed by atoms with Crippen molar-refractivity contribution in [3.05, 3.63) is 34.9 Å². The predicted molar refractivity (Wildman–Crippen MR) is 68.8 cm³/mol. The molecule has 0 amide bonds. The van der Waals surface area contributed by atoms with E-state index in [-0.39, 0.29) is 11.1 Å². The Balaban J connectivity index is 1.97. The first kappa shape index (κ1) is 11.9. The summed E-state index contributed by atoms with van der Waals surface area (Å²) in [5.74, 6) is 0. The first-order valence-corrected chi connectivity index (χ1v) is 8.05. The standard InChI is InChI=1S/C11H13N3O2S2/c15-18(16,11-7-12-8-13-11)14-5-1-3-9(14)10-4-2-6-17-10/h2,4,6-9H,1,3,5H2,(H,12,13)/t9-/m1/s1. The molecule has 1 saturated heterocycles. The van der Waals surface area contributed by atoms with Crippen LogP contribution in [0.25, 0.3) is 0 Å². The minimum Gasteiger partial charge on any atom is -0.335 e. The van der Waals surface area contributed by atoms with Crippen LogP contribution in [-0.2, 0) is 10.0 Å². The van der Waals surface area contributed by atoms with E-state index in [0.29, 0.717) is 6.54 Å². The third-order valence-electron chi connectivity index (χ3n) is 3.14. The largest absolute Gasteiger partial charge is 0.335 e. The summed E-state index contributed by atoms with van der Waals surface area (Å²) in [5, 5.41) is 2.15. The molecule has 0 unspecified atom stereocenters. The third kappa shape index (κ3) is 1.88. The highest BCUT2D eigenvalue weighted by molar-refractivity contribution is 7.89. The molecule has 0 bridgehead atoms. The molecule has 1 fully saturated rings. The molecular formula is C11H13N3O2S2. The summed E-state index contributed by atoms with van der Waals surface area (Å²) in [4.78, 5) is 7.58. The van der Waals surface area contributed by atoms with E-state index in [0.717, 1.165) is 17.7 Å². The number of rotatable bonds is 3. The lowest BCUT2D eigenvalue weighted by Gasteiger charge is -2.22. The molecule has 0 aromatic carbocycles. The van der Waals surface area contributed by atoms with Crippen LogP contribution in [0.15, 0.2) is 35.1 Å². The highest BCUT2D eigenvalue weighted by Gasteiger charge is 2.37. The zero-order chi connectivity index (χ0) is 12.6. The van der Waals surface area contributed by atoms with Crippen LogP contribution in [0.4, 0.5) is 0 Å². The van der Waals surface area contributed by atoms with E-state index in [1.54, 1.807) is 15.6 Å². The lowest BCUT2D eigenvalue weighted by atomic mass is 10.2. The van der Waals surface area contributed by atoms with Gasteiger partial charge in [0.25, 0.3) is 10.0 Å². The van der Waals surface area contributed by atoms with Gasteiger partial charge in [-0.15, -0.1) is 11.3 Å². The third-order valence-corrected chi connectivity index (χ3v) is 5.94. The Morgan fingerprint density at radius 2 is 2.39 bits per heavy atom. The number of sulfonamides is 1. The van der Waals surface area contributed by atoms with Gasteiger partial charge >= 0.3 is 0 Å². The van der Waals surface area contributed by atoms with Crippen molar-refractivity contribution in [3.63, 3.8) is 0 Å². The monoisotopic (exact) mass is 283 g/mol. The van der Waals surface area contributed by atoms with Crippen molar-refractivity contribution in [1.29, 1.82) is 0 Å². The fourth-order valence-corrected chi connectivity index (χ4v) is 4.82. The molecule has 0 spiro atoms. The highest BCUT2D eigenvalue weighted by Crippen LogP contribution is 2.37. The van der Waals surface area contributed by atoms with Gasteiger partial charge < -0.3 is 4.98 Å². The molecule has 2 aromatic heterocycles. The maximum absolute atomic E-state index is 12.5. The van der Waals surface area contributed by atoms with Gasteiger partial charge in [-0.1, -0.05) is 6.07 Å². The van der Waals surface area contributed by atoms with Gasteiger partial charge in [-0.2, -0.15) is 4.31 Å². The Kier molecular flexibility index (Phi) is 2.96. The number of aromatic nitrogens is 2. The minimum atomic E-state index is -3.45. The number of thiophene rings is 1. The molecule has 1 N–H and O–H groups in total. The molecule has 3 heterocycles. The Morgan fingerprint density at radius 1 is 1.50 bits per heavy atom. The molecule has 0 radical (unpaired) electrons. The summed E-state index contributed by atoms with van der Waals surface area (Å²) >= 11 is 1.61. The molecule has 0 saturated carbocycles. The Bertz CT molecular complexity index is 605. The topological polar surface area (TPSA) is 66.1 Å². The zero-order valence-corrected chi connectivity index (χ0v) is 11.2. The second kappa shape index (κ2) is 4.49.